The molecule has 0 radical (unpaired) electrons. The van der Waals surface area contributed by atoms with Gasteiger partial charge in [0.15, 0.2) is 0 Å². The lowest BCUT2D eigenvalue weighted by Crippen LogP contribution is -2.45. The number of aryl methyl sites for hydroxylation is 2. The Bertz CT molecular complexity index is 1120. The molecule has 2 saturated heterocycles. The van der Waals surface area contributed by atoms with Crippen molar-refractivity contribution in [2.45, 2.75) is 46.5 Å². The van der Waals surface area contributed by atoms with Crippen LogP contribution in [0.25, 0.3) is 6.08 Å². The number of nitro groups is 1. The lowest BCUT2D eigenvalue weighted by Gasteiger charge is -2.39. The molecule has 2 amide bonds. The largest absolute Gasteiger partial charge is 0.361 e. The first-order valence-corrected chi connectivity index (χ1v) is 11.7. The number of carbonyl (C=O) groups is 2. The van der Waals surface area contributed by atoms with Crippen molar-refractivity contribution in [1.82, 2.24) is 15.0 Å². The summed E-state index contributed by atoms with van der Waals surface area (Å²) in [6.07, 6.45) is 4.92. The van der Waals surface area contributed by atoms with Gasteiger partial charge in [0.25, 0.3) is 11.6 Å². The van der Waals surface area contributed by atoms with Crippen LogP contribution in [0.1, 0.15) is 60.0 Å². The summed E-state index contributed by atoms with van der Waals surface area (Å²) in [5, 5.41) is 15.0. The molecular weight excluding hydrogens is 436 g/mol. The van der Waals surface area contributed by atoms with Gasteiger partial charge >= 0.3 is 0 Å². The van der Waals surface area contributed by atoms with E-state index < -0.39 is 4.92 Å². The SMILES string of the molecule is CC/C(=C/c1cccc([N+](=O)[O-])c1)C(=O)N1CCC2(CCN(C(=O)c3c(C)noc3C)CC2)C1. The summed E-state index contributed by atoms with van der Waals surface area (Å²) >= 11 is 0. The molecule has 1 aromatic carbocycles. The van der Waals surface area contributed by atoms with Gasteiger partial charge in [0.05, 0.1) is 10.6 Å². The van der Waals surface area contributed by atoms with Crippen molar-refractivity contribution in [2.24, 2.45) is 5.41 Å². The molecule has 180 valence electrons. The molecule has 9 nitrogen and oxygen atoms in total. The molecule has 2 aromatic rings. The fourth-order valence-corrected chi connectivity index (χ4v) is 5.09. The molecule has 3 heterocycles. The highest BCUT2D eigenvalue weighted by Crippen LogP contribution is 2.41. The Balaban J connectivity index is 1.41. The number of hydrogen-bond acceptors (Lipinski definition) is 6. The fourth-order valence-electron chi connectivity index (χ4n) is 5.09. The predicted octanol–water partition coefficient (Wildman–Crippen LogP) is 4.15. The summed E-state index contributed by atoms with van der Waals surface area (Å²) in [4.78, 5) is 40.6. The highest BCUT2D eigenvalue weighted by molar-refractivity contribution is 5.98. The normalized spacial score (nSPS) is 17.9. The Labute approximate surface area is 198 Å². The van der Waals surface area contributed by atoms with Gasteiger partial charge in [-0.1, -0.05) is 24.2 Å². The van der Waals surface area contributed by atoms with Gasteiger partial charge in [-0.25, -0.2) is 0 Å². The Morgan fingerprint density at radius 3 is 2.44 bits per heavy atom. The minimum Gasteiger partial charge on any atom is -0.361 e. The lowest BCUT2D eigenvalue weighted by atomic mass is 9.77. The van der Waals surface area contributed by atoms with E-state index in [1.807, 2.05) is 16.7 Å². The average molecular weight is 467 g/mol. The quantitative estimate of drug-likeness (QED) is 0.372. The van der Waals surface area contributed by atoms with E-state index in [1.54, 1.807) is 32.1 Å². The van der Waals surface area contributed by atoms with Crippen LogP contribution in [0.5, 0.6) is 0 Å². The molecule has 0 atom stereocenters. The number of benzene rings is 1. The second kappa shape index (κ2) is 9.40. The van der Waals surface area contributed by atoms with Crippen LogP contribution in [0.3, 0.4) is 0 Å². The van der Waals surface area contributed by atoms with Crippen molar-refractivity contribution in [3.8, 4) is 0 Å². The van der Waals surface area contributed by atoms with Crippen molar-refractivity contribution >= 4 is 23.6 Å². The van der Waals surface area contributed by atoms with E-state index in [4.69, 9.17) is 4.52 Å². The number of likely N-dealkylation sites (tertiary alicyclic amines) is 2. The van der Waals surface area contributed by atoms with Gasteiger partial charge in [-0.05, 0) is 56.6 Å². The fraction of sp³-hybridized carbons (Fsp3) is 0.480. The number of nitrogens with zero attached hydrogens (tertiary/aromatic N) is 4. The molecule has 2 aliphatic rings. The standard InChI is InChI=1S/C25H30N4O5/c1-4-20(14-19-6-5-7-21(15-19)29(32)33)23(30)28-13-10-25(16-28)8-11-27(12-9-25)24(31)22-17(2)26-34-18(22)3/h5-7,14-15H,4,8-13,16H2,1-3H3/b20-14-. The van der Waals surface area contributed by atoms with Crippen LogP contribution in [0.4, 0.5) is 5.69 Å². The van der Waals surface area contributed by atoms with Crippen molar-refractivity contribution in [3.05, 3.63) is 62.5 Å². The van der Waals surface area contributed by atoms with Crippen LogP contribution in [0.15, 0.2) is 34.4 Å². The van der Waals surface area contributed by atoms with Crippen LogP contribution in [0, 0.1) is 29.4 Å². The molecule has 9 heteroatoms. The van der Waals surface area contributed by atoms with E-state index in [-0.39, 0.29) is 22.9 Å². The maximum absolute atomic E-state index is 13.3. The lowest BCUT2D eigenvalue weighted by molar-refractivity contribution is -0.384. The van der Waals surface area contributed by atoms with Crippen LogP contribution >= 0.6 is 0 Å². The first kappa shape index (κ1) is 23.7. The topological polar surface area (TPSA) is 110 Å². The number of nitro benzene ring substituents is 1. The van der Waals surface area contributed by atoms with Crippen molar-refractivity contribution < 1.29 is 19.0 Å². The third-order valence-electron chi connectivity index (χ3n) is 7.16. The molecule has 4 rings (SSSR count). The van der Waals surface area contributed by atoms with E-state index in [0.29, 0.717) is 60.8 Å². The monoisotopic (exact) mass is 466 g/mol. The van der Waals surface area contributed by atoms with E-state index in [0.717, 1.165) is 19.3 Å². The number of hydrogen-bond donors (Lipinski definition) is 0. The number of amides is 2. The number of carbonyl (C=O) groups excluding carboxylic acids is 2. The summed E-state index contributed by atoms with van der Waals surface area (Å²) in [5.74, 6) is 0.494. The number of non-ortho nitro benzene ring substituents is 1. The summed E-state index contributed by atoms with van der Waals surface area (Å²) in [6.45, 7) is 8.11. The zero-order valence-electron chi connectivity index (χ0n) is 19.9. The smallest absolute Gasteiger partial charge is 0.270 e. The van der Waals surface area contributed by atoms with Gasteiger partial charge in [0.2, 0.25) is 5.91 Å². The molecule has 2 fully saturated rings. The molecule has 0 bridgehead atoms. The molecule has 0 unspecified atom stereocenters. The maximum atomic E-state index is 13.3. The zero-order chi connectivity index (χ0) is 24.5. The molecule has 0 N–H and O–H groups in total. The van der Waals surface area contributed by atoms with E-state index in [2.05, 4.69) is 5.16 Å². The summed E-state index contributed by atoms with van der Waals surface area (Å²) < 4.78 is 5.15. The number of rotatable bonds is 5. The highest BCUT2D eigenvalue weighted by atomic mass is 16.6. The van der Waals surface area contributed by atoms with Crippen LogP contribution in [-0.2, 0) is 4.79 Å². The number of piperidine rings is 1. The molecular formula is C25H30N4O5. The summed E-state index contributed by atoms with van der Waals surface area (Å²) in [6, 6.07) is 6.33. The van der Waals surface area contributed by atoms with E-state index >= 15 is 0 Å². The van der Waals surface area contributed by atoms with Gasteiger partial charge in [0.1, 0.15) is 11.3 Å². The second-order valence-corrected chi connectivity index (χ2v) is 9.34. The molecule has 2 aliphatic heterocycles. The third kappa shape index (κ3) is 4.60. The molecule has 1 spiro atoms. The van der Waals surface area contributed by atoms with Gasteiger partial charge in [-0.2, -0.15) is 0 Å². The molecule has 34 heavy (non-hydrogen) atoms. The average Bonchev–Trinajstić information content (AvgIpc) is 3.40. The first-order chi connectivity index (χ1) is 16.2. The van der Waals surface area contributed by atoms with Crippen LogP contribution in [-0.4, -0.2) is 57.9 Å². The van der Waals surface area contributed by atoms with E-state index in [1.165, 1.54) is 12.1 Å². The van der Waals surface area contributed by atoms with Gasteiger partial charge in [0, 0.05) is 43.9 Å². The molecule has 1 aromatic heterocycles. The van der Waals surface area contributed by atoms with Crippen molar-refractivity contribution in [2.75, 3.05) is 26.2 Å². The number of aromatic nitrogens is 1. The Hall–Kier alpha value is -3.49. The van der Waals surface area contributed by atoms with Gasteiger partial charge in [-0.15, -0.1) is 0 Å². The molecule has 0 aliphatic carbocycles. The van der Waals surface area contributed by atoms with Crippen molar-refractivity contribution in [3.63, 3.8) is 0 Å². The highest BCUT2D eigenvalue weighted by Gasteiger charge is 2.43. The Morgan fingerprint density at radius 1 is 1.18 bits per heavy atom. The Kier molecular flexibility index (Phi) is 6.54. The summed E-state index contributed by atoms with van der Waals surface area (Å²) in [5.41, 5.74) is 2.49. The first-order valence-electron chi connectivity index (χ1n) is 11.7. The predicted molar refractivity (Wildman–Crippen MR) is 126 cm³/mol. The molecule has 0 saturated carbocycles. The zero-order valence-corrected chi connectivity index (χ0v) is 19.9. The van der Waals surface area contributed by atoms with Gasteiger partial charge in [-0.3, -0.25) is 19.7 Å². The Morgan fingerprint density at radius 2 is 1.85 bits per heavy atom. The van der Waals surface area contributed by atoms with E-state index in [9.17, 15) is 19.7 Å². The van der Waals surface area contributed by atoms with Crippen LogP contribution in [0.2, 0.25) is 0 Å². The second-order valence-electron chi connectivity index (χ2n) is 9.34. The maximum Gasteiger partial charge on any atom is 0.270 e. The van der Waals surface area contributed by atoms with Crippen molar-refractivity contribution in [1.29, 1.82) is 0 Å². The summed E-state index contributed by atoms with van der Waals surface area (Å²) in [7, 11) is 0. The van der Waals surface area contributed by atoms with Gasteiger partial charge < -0.3 is 14.3 Å². The minimum atomic E-state index is -0.433. The van der Waals surface area contributed by atoms with Crippen LogP contribution < -0.4 is 0 Å². The third-order valence-corrected chi connectivity index (χ3v) is 7.16. The minimum absolute atomic E-state index is 0.00896.